The van der Waals surface area contributed by atoms with E-state index in [9.17, 15) is 13.2 Å². The molecule has 1 aromatic rings. The maximum absolute atomic E-state index is 10.8. The zero-order chi connectivity index (χ0) is 11.2. The van der Waals surface area contributed by atoms with Crippen molar-refractivity contribution in [2.24, 2.45) is 0 Å². The van der Waals surface area contributed by atoms with E-state index in [1.54, 1.807) is 22.9 Å². The van der Waals surface area contributed by atoms with E-state index in [2.05, 4.69) is 0 Å². The van der Waals surface area contributed by atoms with Gasteiger partial charge in [0.25, 0.3) is 10.1 Å². The molecular formula is C8H13NO4S. The number of aryl methyl sites for hydroxylation is 1. The number of hydrogen-bond donors (Lipinski definition) is 1. The molecule has 0 aliphatic carbocycles. The van der Waals surface area contributed by atoms with Crippen molar-refractivity contribution in [2.45, 2.75) is 13.5 Å². The van der Waals surface area contributed by atoms with E-state index in [-0.39, 0.29) is 5.56 Å². The van der Waals surface area contributed by atoms with Crippen molar-refractivity contribution in [3.63, 3.8) is 0 Å². The Hall–Kier alpha value is -1.14. The Labute approximate surface area is 82.8 Å². The molecule has 0 saturated heterocycles. The smallest absolute Gasteiger partial charge is 0.261 e. The molecule has 0 amide bonds. The highest BCUT2D eigenvalue weighted by Crippen LogP contribution is 1.78. The second-order valence-corrected chi connectivity index (χ2v) is 4.02. The third kappa shape index (κ3) is 7.51. The van der Waals surface area contributed by atoms with Gasteiger partial charge in [0.05, 0.1) is 6.26 Å². The van der Waals surface area contributed by atoms with Crippen LogP contribution in [0.3, 0.4) is 0 Å². The maximum Gasteiger partial charge on any atom is 0.261 e. The topological polar surface area (TPSA) is 76.4 Å². The van der Waals surface area contributed by atoms with Gasteiger partial charge in [-0.2, -0.15) is 8.42 Å². The number of rotatable bonds is 1. The molecule has 0 radical (unpaired) electrons. The highest BCUT2D eigenvalue weighted by Gasteiger charge is 1.85. The van der Waals surface area contributed by atoms with Crippen LogP contribution in [0, 0.1) is 0 Å². The lowest BCUT2D eigenvalue weighted by atomic mass is 10.5. The number of hydrogen-bond acceptors (Lipinski definition) is 3. The highest BCUT2D eigenvalue weighted by molar-refractivity contribution is 7.85. The highest BCUT2D eigenvalue weighted by atomic mass is 32.2. The van der Waals surface area contributed by atoms with Crippen molar-refractivity contribution in [1.29, 1.82) is 0 Å². The van der Waals surface area contributed by atoms with Gasteiger partial charge in [0.1, 0.15) is 0 Å². The fourth-order valence-corrected chi connectivity index (χ4v) is 0.722. The van der Waals surface area contributed by atoms with Crippen LogP contribution in [-0.2, 0) is 16.7 Å². The first kappa shape index (κ1) is 12.9. The van der Waals surface area contributed by atoms with Crippen LogP contribution in [0.5, 0.6) is 0 Å². The average molecular weight is 219 g/mol. The van der Waals surface area contributed by atoms with Crippen molar-refractivity contribution in [3.05, 3.63) is 34.7 Å². The van der Waals surface area contributed by atoms with Crippen molar-refractivity contribution in [2.75, 3.05) is 6.26 Å². The molecule has 1 N–H and O–H groups in total. The zero-order valence-electron chi connectivity index (χ0n) is 8.04. The first-order valence-corrected chi connectivity index (χ1v) is 5.77. The van der Waals surface area contributed by atoms with Gasteiger partial charge < -0.3 is 4.57 Å². The molecule has 0 bridgehead atoms. The van der Waals surface area contributed by atoms with E-state index < -0.39 is 10.1 Å². The van der Waals surface area contributed by atoms with E-state index in [1.807, 2.05) is 13.0 Å². The fourth-order valence-electron chi connectivity index (χ4n) is 0.722. The van der Waals surface area contributed by atoms with Crippen molar-refractivity contribution in [1.82, 2.24) is 4.57 Å². The molecule has 0 aromatic carbocycles. The molecule has 0 aliphatic heterocycles. The summed E-state index contributed by atoms with van der Waals surface area (Å²) in [5.74, 6) is 0. The Bertz CT molecular complexity index is 413. The third-order valence-corrected chi connectivity index (χ3v) is 1.24. The fraction of sp³-hybridized carbons (Fsp3) is 0.375. The maximum atomic E-state index is 10.8. The van der Waals surface area contributed by atoms with E-state index in [0.717, 1.165) is 6.54 Å². The Morgan fingerprint density at radius 3 is 2.21 bits per heavy atom. The summed E-state index contributed by atoms with van der Waals surface area (Å²) < 4.78 is 27.5. The molecule has 0 spiro atoms. The summed E-state index contributed by atoms with van der Waals surface area (Å²) in [7, 11) is -3.67. The molecular weight excluding hydrogens is 206 g/mol. The number of nitrogens with zero attached hydrogens (tertiary/aromatic N) is 1. The van der Waals surface area contributed by atoms with E-state index in [1.165, 1.54) is 0 Å². The van der Waals surface area contributed by atoms with Crippen molar-refractivity contribution < 1.29 is 13.0 Å². The summed E-state index contributed by atoms with van der Waals surface area (Å²) in [5.41, 5.74) is 0.0694. The molecule has 0 unspecified atom stereocenters. The molecule has 1 heterocycles. The minimum absolute atomic E-state index is 0.0694. The van der Waals surface area contributed by atoms with Crippen LogP contribution in [-0.4, -0.2) is 23.8 Å². The van der Waals surface area contributed by atoms with Gasteiger partial charge in [-0.3, -0.25) is 9.35 Å². The summed E-state index contributed by atoms with van der Waals surface area (Å²) >= 11 is 0. The number of pyridine rings is 1. The zero-order valence-corrected chi connectivity index (χ0v) is 8.86. The van der Waals surface area contributed by atoms with Gasteiger partial charge in [-0.1, -0.05) is 6.07 Å². The quantitative estimate of drug-likeness (QED) is 0.692. The number of aromatic nitrogens is 1. The summed E-state index contributed by atoms with van der Waals surface area (Å²) in [6.45, 7) is 2.70. The Morgan fingerprint density at radius 1 is 1.43 bits per heavy atom. The predicted molar refractivity (Wildman–Crippen MR) is 53.8 cm³/mol. The monoisotopic (exact) mass is 219 g/mol. The van der Waals surface area contributed by atoms with Gasteiger partial charge in [0.15, 0.2) is 0 Å². The van der Waals surface area contributed by atoms with Crippen LogP contribution >= 0.6 is 0 Å². The third-order valence-electron chi connectivity index (χ3n) is 1.24. The van der Waals surface area contributed by atoms with Crippen LogP contribution in [0.4, 0.5) is 0 Å². The summed E-state index contributed by atoms with van der Waals surface area (Å²) in [5, 5.41) is 0. The van der Waals surface area contributed by atoms with Gasteiger partial charge in [-0.15, -0.1) is 0 Å². The lowest BCUT2D eigenvalue weighted by Gasteiger charge is -1.96. The summed E-state index contributed by atoms with van der Waals surface area (Å²) in [6, 6.07) is 5.16. The van der Waals surface area contributed by atoms with Crippen LogP contribution in [0.2, 0.25) is 0 Å². The van der Waals surface area contributed by atoms with Gasteiger partial charge in [0, 0.05) is 18.8 Å². The molecule has 6 heteroatoms. The second-order valence-electron chi connectivity index (χ2n) is 2.56. The lowest BCUT2D eigenvalue weighted by molar-refractivity contribution is 0.490. The first-order chi connectivity index (χ1) is 6.34. The molecule has 5 nitrogen and oxygen atoms in total. The van der Waals surface area contributed by atoms with Gasteiger partial charge >= 0.3 is 0 Å². The Balaban J connectivity index is 0.000000292. The molecule has 80 valence electrons. The van der Waals surface area contributed by atoms with Crippen LogP contribution in [0.1, 0.15) is 6.92 Å². The Kier molecular flexibility index (Phi) is 5.11. The minimum atomic E-state index is -3.67. The van der Waals surface area contributed by atoms with Gasteiger partial charge in [0.2, 0.25) is 5.56 Å². The Morgan fingerprint density at radius 2 is 1.93 bits per heavy atom. The van der Waals surface area contributed by atoms with Crippen LogP contribution < -0.4 is 5.56 Å². The second kappa shape index (κ2) is 5.56. The first-order valence-electron chi connectivity index (χ1n) is 3.92. The van der Waals surface area contributed by atoms with Crippen molar-refractivity contribution in [3.8, 4) is 0 Å². The summed E-state index contributed by atoms with van der Waals surface area (Å²) in [4.78, 5) is 10.8. The van der Waals surface area contributed by atoms with E-state index >= 15 is 0 Å². The minimum Gasteiger partial charge on any atom is -0.316 e. The molecule has 1 rings (SSSR count). The van der Waals surface area contributed by atoms with Crippen molar-refractivity contribution >= 4 is 10.1 Å². The van der Waals surface area contributed by atoms with Crippen LogP contribution in [0.15, 0.2) is 29.2 Å². The van der Waals surface area contributed by atoms with Crippen LogP contribution in [0.25, 0.3) is 0 Å². The molecule has 14 heavy (non-hydrogen) atoms. The molecule has 0 aliphatic rings. The summed E-state index contributed by atoms with van der Waals surface area (Å²) in [6.07, 6.45) is 2.50. The van der Waals surface area contributed by atoms with E-state index in [0.29, 0.717) is 6.26 Å². The van der Waals surface area contributed by atoms with E-state index in [4.69, 9.17) is 4.55 Å². The molecule has 0 atom stereocenters. The largest absolute Gasteiger partial charge is 0.316 e. The SMILES string of the molecule is CCn1ccccc1=O.CS(=O)(=O)O. The standard InChI is InChI=1S/C7H9NO.CH4O3S/c1-2-8-6-4-3-5-7(8)9;1-5(2,3)4/h3-6H,2H2,1H3;1H3,(H,2,3,4). The lowest BCUT2D eigenvalue weighted by Crippen LogP contribution is -2.15. The molecule has 1 aromatic heterocycles. The molecule has 0 saturated carbocycles. The van der Waals surface area contributed by atoms with Gasteiger partial charge in [-0.25, -0.2) is 0 Å². The van der Waals surface area contributed by atoms with Gasteiger partial charge in [-0.05, 0) is 13.0 Å². The average Bonchev–Trinajstić information content (AvgIpc) is 2.02. The normalized spacial score (nSPS) is 10.2. The predicted octanol–water partition coefficient (Wildman–Crippen LogP) is 0.372. The molecule has 0 fully saturated rings.